The minimum absolute atomic E-state index is 0.0185. The van der Waals surface area contributed by atoms with Crippen molar-refractivity contribution >= 4 is 23.1 Å². The molecule has 1 aromatic rings. The highest BCUT2D eigenvalue weighted by Crippen LogP contribution is 2.57. The number of hydrogen-bond donors (Lipinski definition) is 0. The molecule has 182 valence electrons. The number of fused-ring (bicyclic) bond motifs is 1. The first-order chi connectivity index (χ1) is 15.9. The minimum Gasteiger partial charge on any atom is -0.365 e. The quantitative estimate of drug-likeness (QED) is 0.271. The lowest BCUT2D eigenvalue weighted by molar-refractivity contribution is -0.111. The van der Waals surface area contributed by atoms with Gasteiger partial charge in [0.05, 0.1) is 16.8 Å². The van der Waals surface area contributed by atoms with Crippen LogP contribution in [0.1, 0.15) is 84.9 Å². The molecule has 0 aromatic carbocycles. The molecule has 1 saturated heterocycles. The van der Waals surface area contributed by atoms with E-state index in [2.05, 4.69) is 48.8 Å². The van der Waals surface area contributed by atoms with Crippen LogP contribution in [0, 0.1) is 11.8 Å². The van der Waals surface area contributed by atoms with Gasteiger partial charge in [0.15, 0.2) is 5.78 Å². The Morgan fingerprint density at radius 3 is 2.48 bits per heavy atom. The Labute approximate surface area is 206 Å². The molecule has 33 heavy (non-hydrogen) atoms. The summed E-state index contributed by atoms with van der Waals surface area (Å²) >= 11 is 6.41. The van der Waals surface area contributed by atoms with E-state index >= 15 is 0 Å². The Morgan fingerprint density at radius 2 is 1.94 bits per heavy atom. The summed E-state index contributed by atoms with van der Waals surface area (Å²) in [4.78, 5) is 23.1. The van der Waals surface area contributed by atoms with Crippen LogP contribution >= 0.6 is 11.6 Å². The number of carbonyl (C=O) groups is 1. The number of hydrogen-bond acceptors (Lipinski definition) is 4. The molecular weight excluding hydrogens is 430 g/mol. The van der Waals surface area contributed by atoms with Gasteiger partial charge in [0.1, 0.15) is 5.71 Å². The lowest BCUT2D eigenvalue weighted by Crippen LogP contribution is -2.26. The van der Waals surface area contributed by atoms with E-state index in [0.717, 1.165) is 35.8 Å². The van der Waals surface area contributed by atoms with Gasteiger partial charge in [-0.3, -0.25) is 14.8 Å². The highest BCUT2D eigenvalue weighted by Gasteiger charge is 2.54. The molecule has 1 aromatic heterocycles. The van der Waals surface area contributed by atoms with Crippen molar-refractivity contribution in [2.75, 3.05) is 6.54 Å². The largest absolute Gasteiger partial charge is 0.365 e. The zero-order valence-corrected chi connectivity index (χ0v) is 21.9. The summed E-state index contributed by atoms with van der Waals surface area (Å²) in [5.41, 5.74) is 2.49. The van der Waals surface area contributed by atoms with Crippen molar-refractivity contribution in [3.05, 3.63) is 66.3 Å². The first kappa shape index (κ1) is 28.8. The van der Waals surface area contributed by atoms with E-state index in [9.17, 15) is 4.79 Å². The summed E-state index contributed by atoms with van der Waals surface area (Å²) in [7, 11) is 0. The molecule has 0 radical (unpaired) electrons. The molecule has 3 atom stereocenters. The van der Waals surface area contributed by atoms with Gasteiger partial charge in [-0.05, 0) is 49.8 Å². The van der Waals surface area contributed by atoms with Crippen molar-refractivity contribution in [1.82, 2.24) is 9.88 Å². The Kier molecular flexibility index (Phi) is 13.6. The Bertz CT molecular complexity index is 828. The maximum Gasteiger partial charge on any atom is 0.178 e. The SMILES string of the molecule is C=C.CCC/C=C/C(=N/C=C(\C)N1CC2CC2C1c1ncccc1Cl)C(C)=O.CCCCC. The van der Waals surface area contributed by atoms with Crippen LogP contribution in [0.4, 0.5) is 0 Å². The van der Waals surface area contributed by atoms with Crippen molar-refractivity contribution in [3.8, 4) is 0 Å². The Morgan fingerprint density at radius 1 is 1.24 bits per heavy atom. The third-order valence-electron chi connectivity index (χ3n) is 5.86. The molecular formula is C28H42ClN3O. The summed E-state index contributed by atoms with van der Waals surface area (Å²) < 4.78 is 0. The summed E-state index contributed by atoms with van der Waals surface area (Å²) in [6.45, 7) is 17.1. The fourth-order valence-corrected chi connectivity index (χ4v) is 4.23. The van der Waals surface area contributed by atoms with Gasteiger partial charge in [-0.25, -0.2) is 0 Å². The summed E-state index contributed by atoms with van der Waals surface area (Å²) in [5, 5.41) is 0.721. The van der Waals surface area contributed by atoms with E-state index in [1.807, 2.05) is 37.4 Å². The van der Waals surface area contributed by atoms with Crippen LogP contribution in [0.3, 0.4) is 0 Å². The van der Waals surface area contributed by atoms with Crippen molar-refractivity contribution in [2.45, 2.75) is 79.2 Å². The van der Waals surface area contributed by atoms with E-state index < -0.39 is 0 Å². The second kappa shape index (κ2) is 15.6. The van der Waals surface area contributed by atoms with Crippen molar-refractivity contribution in [2.24, 2.45) is 16.8 Å². The van der Waals surface area contributed by atoms with Gasteiger partial charge in [-0.2, -0.15) is 0 Å². The van der Waals surface area contributed by atoms with Crippen molar-refractivity contribution in [3.63, 3.8) is 0 Å². The van der Waals surface area contributed by atoms with Crippen LogP contribution in [0.5, 0.6) is 0 Å². The molecule has 0 N–H and O–H groups in total. The number of unbranched alkanes of at least 4 members (excludes halogenated alkanes) is 3. The number of rotatable bonds is 9. The van der Waals surface area contributed by atoms with E-state index in [0.29, 0.717) is 17.5 Å². The van der Waals surface area contributed by atoms with Gasteiger partial charge in [0, 0.05) is 31.6 Å². The zero-order valence-electron chi connectivity index (χ0n) is 21.2. The van der Waals surface area contributed by atoms with Gasteiger partial charge in [-0.1, -0.05) is 64.1 Å². The third kappa shape index (κ3) is 8.92. The number of Topliss-reactive ketones (excluding diaryl/α,β-unsaturated/α-hetero) is 1. The number of halogens is 1. The van der Waals surface area contributed by atoms with Crippen LogP contribution in [0.2, 0.25) is 5.02 Å². The van der Waals surface area contributed by atoms with Crippen LogP contribution in [0.25, 0.3) is 0 Å². The third-order valence-corrected chi connectivity index (χ3v) is 6.18. The summed E-state index contributed by atoms with van der Waals surface area (Å²) in [6.07, 6.45) is 14.8. The van der Waals surface area contributed by atoms with Crippen LogP contribution in [0.15, 0.2) is 60.5 Å². The second-order valence-corrected chi connectivity index (χ2v) is 8.92. The topological polar surface area (TPSA) is 45.6 Å². The predicted octanol–water partition coefficient (Wildman–Crippen LogP) is 7.97. The molecule has 0 bridgehead atoms. The lowest BCUT2D eigenvalue weighted by atomic mass is 10.1. The molecule has 1 aliphatic carbocycles. The number of pyridine rings is 1. The van der Waals surface area contributed by atoms with Crippen LogP contribution in [-0.4, -0.2) is 27.9 Å². The van der Waals surface area contributed by atoms with Gasteiger partial charge in [0.2, 0.25) is 0 Å². The smallest absolute Gasteiger partial charge is 0.178 e. The highest BCUT2D eigenvalue weighted by atomic mass is 35.5. The molecule has 4 nitrogen and oxygen atoms in total. The van der Waals surface area contributed by atoms with Crippen molar-refractivity contribution < 1.29 is 4.79 Å². The number of aliphatic imine (C=N–C) groups is 1. The molecule has 1 aliphatic heterocycles. The molecule has 2 fully saturated rings. The number of allylic oxidation sites excluding steroid dienone is 3. The second-order valence-electron chi connectivity index (χ2n) is 8.51. The maximum absolute atomic E-state index is 11.8. The zero-order chi connectivity index (χ0) is 24.8. The fraction of sp³-hybridized carbons (Fsp3) is 0.536. The Hall–Kier alpha value is -2.20. The molecule has 3 rings (SSSR count). The van der Waals surface area contributed by atoms with Gasteiger partial charge >= 0.3 is 0 Å². The predicted molar refractivity (Wildman–Crippen MR) is 143 cm³/mol. The van der Waals surface area contributed by atoms with E-state index in [-0.39, 0.29) is 11.8 Å². The molecule has 3 unspecified atom stereocenters. The molecule has 0 amide bonds. The lowest BCUT2D eigenvalue weighted by Gasteiger charge is -2.30. The number of ketones is 1. The van der Waals surface area contributed by atoms with E-state index in [4.69, 9.17) is 11.6 Å². The van der Waals surface area contributed by atoms with Gasteiger partial charge in [0.25, 0.3) is 0 Å². The number of nitrogens with zero attached hydrogens (tertiary/aromatic N) is 3. The summed E-state index contributed by atoms with van der Waals surface area (Å²) in [6, 6.07) is 3.97. The van der Waals surface area contributed by atoms with Crippen LogP contribution in [-0.2, 0) is 4.79 Å². The van der Waals surface area contributed by atoms with E-state index in [1.165, 1.54) is 25.7 Å². The average Bonchev–Trinajstić information content (AvgIpc) is 3.48. The summed E-state index contributed by atoms with van der Waals surface area (Å²) in [5.74, 6) is 1.31. The molecule has 5 heteroatoms. The normalized spacial score (nSPS) is 21.6. The maximum atomic E-state index is 11.8. The van der Waals surface area contributed by atoms with E-state index in [1.54, 1.807) is 13.1 Å². The monoisotopic (exact) mass is 471 g/mol. The first-order valence-electron chi connectivity index (χ1n) is 12.2. The molecule has 0 spiro atoms. The highest BCUT2D eigenvalue weighted by molar-refractivity contribution is 6.43. The molecule has 2 heterocycles. The Balaban J connectivity index is 0.000000689. The fourth-order valence-electron chi connectivity index (χ4n) is 4.00. The van der Waals surface area contributed by atoms with Gasteiger partial charge in [-0.15, -0.1) is 13.2 Å². The minimum atomic E-state index is -0.0185. The van der Waals surface area contributed by atoms with Crippen molar-refractivity contribution in [1.29, 1.82) is 0 Å². The molecule has 2 aliphatic rings. The number of piperidine rings is 1. The number of likely N-dealkylation sites (tertiary alicyclic amines) is 1. The average molecular weight is 472 g/mol. The first-order valence-corrected chi connectivity index (χ1v) is 12.6. The molecule has 1 saturated carbocycles. The number of carbonyl (C=O) groups excluding carboxylic acids is 1. The van der Waals surface area contributed by atoms with Crippen LogP contribution < -0.4 is 0 Å². The van der Waals surface area contributed by atoms with Gasteiger partial charge < -0.3 is 4.90 Å². The standard InChI is InChI=1S/C21H26ClN3O.C5H12.C2H4/c1-4-5-6-9-19(15(3)26)24-12-14(2)25-13-16-11-17(16)21(25)20-18(22)8-7-10-23-20;1-3-5-4-2;1-2/h6-10,12,16-17,21H,4-5,11,13H2,1-3H3;3-5H2,1-2H3;1-2H2/b9-6+,14-12+,24-19-;;. The number of aromatic nitrogens is 1.